The van der Waals surface area contributed by atoms with Crippen molar-refractivity contribution in [2.24, 2.45) is 0 Å². The second-order valence-electron chi connectivity index (χ2n) is 6.47. The molecule has 3 aromatic rings. The molecule has 0 radical (unpaired) electrons. The molecule has 0 bridgehead atoms. The lowest BCUT2D eigenvalue weighted by molar-refractivity contribution is -0.131. The zero-order valence-corrected chi connectivity index (χ0v) is 15.4. The molecule has 136 valence electrons. The van der Waals surface area contributed by atoms with E-state index in [1.54, 1.807) is 28.6 Å². The minimum atomic E-state index is -0.281. The number of halogens is 1. The first-order valence-corrected chi connectivity index (χ1v) is 8.55. The van der Waals surface area contributed by atoms with Gasteiger partial charge in [0.1, 0.15) is 12.1 Å². The van der Waals surface area contributed by atoms with Crippen LogP contribution in [0.4, 0.5) is 4.39 Å². The first-order chi connectivity index (χ1) is 12.4. The van der Waals surface area contributed by atoms with Crippen LogP contribution in [0.15, 0.2) is 30.6 Å². The molecule has 0 saturated heterocycles. The van der Waals surface area contributed by atoms with Gasteiger partial charge in [0, 0.05) is 24.9 Å². The molecule has 7 heteroatoms. The van der Waals surface area contributed by atoms with Crippen molar-refractivity contribution in [1.82, 2.24) is 24.5 Å². The summed E-state index contributed by atoms with van der Waals surface area (Å²) in [5.74, 6) is 0.313. The molecule has 0 spiro atoms. The third-order valence-corrected chi connectivity index (χ3v) is 4.90. The maximum atomic E-state index is 13.1. The summed E-state index contributed by atoms with van der Waals surface area (Å²) >= 11 is 0. The number of hydrogen-bond acceptors (Lipinski definition) is 4. The monoisotopic (exact) mass is 355 g/mol. The molecule has 1 amide bonds. The Labute approximate surface area is 151 Å². The molecule has 0 saturated carbocycles. The molecule has 6 nitrogen and oxygen atoms in total. The average Bonchev–Trinajstić information content (AvgIpc) is 3.09. The van der Waals surface area contributed by atoms with Crippen LogP contribution in [-0.2, 0) is 11.2 Å². The van der Waals surface area contributed by atoms with E-state index < -0.39 is 0 Å². The van der Waals surface area contributed by atoms with Crippen molar-refractivity contribution in [2.45, 2.75) is 39.7 Å². The van der Waals surface area contributed by atoms with Crippen molar-refractivity contribution in [3.63, 3.8) is 0 Å². The Morgan fingerprint density at radius 1 is 1.27 bits per heavy atom. The average molecular weight is 355 g/mol. The lowest BCUT2D eigenvalue weighted by Gasteiger charge is -2.25. The molecule has 2 heterocycles. The zero-order valence-electron chi connectivity index (χ0n) is 15.4. The largest absolute Gasteiger partial charge is 0.339 e. The Bertz CT molecular complexity index is 935. The molecule has 0 unspecified atom stereocenters. The topological polar surface area (TPSA) is 63.4 Å². The molecular formula is C19H22FN5O. The van der Waals surface area contributed by atoms with Gasteiger partial charge in [-0.3, -0.25) is 4.79 Å². The highest BCUT2D eigenvalue weighted by Crippen LogP contribution is 2.21. The van der Waals surface area contributed by atoms with Crippen LogP contribution in [0.25, 0.3) is 5.78 Å². The fourth-order valence-corrected chi connectivity index (χ4v) is 3.11. The lowest BCUT2D eigenvalue weighted by atomic mass is 10.0. The summed E-state index contributed by atoms with van der Waals surface area (Å²) in [5.41, 5.74) is 3.73. The van der Waals surface area contributed by atoms with Gasteiger partial charge in [0.15, 0.2) is 0 Å². The Kier molecular flexibility index (Phi) is 4.97. The number of aromatic nitrogens is 4. The van der Waals surface area contributed by atoms with E-state index in [0.29, 0.717) is 18.6 Å². The van der Waals surface area contributed by atoms with Crippen LogP contribution >= 0.6 is 0 Å². The van der Waals surface area contributed by atoms with Crippen molar-refractivity contribution in [3.05, 3.63) is 58.9 Å². The summed E-state index contributed by atoms with van der Waals surface area (Å²) in [6, 6.07) is 6.12. The van der Waals surface area contributed by atoms with Crippen LogP contribution in [0, 0.1) is 19.7 Å². The quantitative estimate of drug-likeness (QED) is 0.706. The molecule has 0 aliphatic carbocycles. The number of aryl methyl sites for hydroxylation is 2. The highest BCUT2D eigenvalue weighted by atomic mass is 19.1. The summed E-state index contributed by atoms with van der Waals surface area (Å²) in [5, 5.41) is 4.17. The van der Waals surface area contributed by atoms with Crippen LogP contribution in [-0.4, -0.2) is 37.4 Å². The van der Waals surface area contributed by atoms with Gasteiger partial charge in [-0.2, -0.15) is 10.1 Å². The van der Waals surface area contributed by atoms with Gasteiger partial charge in [0.25, 0.3) is 5.78 Å². The number of rotatable bonds is 5. The van der Waals surface area contributed by atoms with Crippen molar-refractivity contribution in [2.75, 3.05) is 7.05 Å². The van der Waals surface area contributed by atoms with E-state index in [1.807, 2.05) is 20.8 Å². The highest BCUT2D eigenvalue weighted by Gasteiger charge is 2.19. The van der Waals surface area contributed by atoms with Crippen molar-refractivity contribution < 1.29 is 9.18 Å². The second kappa shape index (κ2) is 7.19. The molecule has 0 aliphatic heterocycles. The lowest BCUT2D eigenvalue weighted by Crippen LogP contribution is -2.30. The number of hydrogen-bond donors (Lipinski definition) is 0. The van der Waals surface area contributed by atoms with Crippen LogP contribution in [0.5, 0.6) is 0 Å². The summed E-state index contributed by atoms with van der Waals surface area (Å²) in [7, 11) is 1.77. The van der Waals surface area contributed by atoms with Gasteiger partial charge in [-0.15, -0.1) is 0 Å². The minimum Gasteiger partial charge on any atom is -0.339 e. The normalized spacial score (nSPS) is 12.3. The number of carbonyl (C=O) groups is 1. The number of amides is 1. The van der Waals surface area contributed by atoms with Crippen LogP contribution < -0.4 is 0 Å². The van der Waals surface area contributed by atoms with E-state index in [0.717, 1.165) is 22.5 Å². The Morgan fingerprint density at radius 3 is 2.65 bits per heavy atom. The molecule has 2 aromatic heterocycles. The van der Waals surface area contributed by atoms with Gasteiger partial charge in [-0.25, -0.2) is 13.9 Å². The van der Waals surface area contributed by atoms with E-state index in [9.17, 15) is 9.18 Å². The Balaban J connectivity index is 1.71. The van der Waals surface area contributed by atoms with Gasteiger partial charge >= 0.3 is 0 Å². The SMILES string of the molecule is Cc1nc2ncnn2c(C)c1CCC(=O)N(C)[C@@H](C)c1ccc(F)cc1. The van der Waals surface area contributed by atoms with Gasteiger partial charge in [0.2, 0.25) is 5.91 Å². The van der Waals surface area contributed by atoms with E-state index in [4.69, 9.17) is 0 Å². The second-order valence-corrected chi connectivity index (χ2v) is 6.47. The van der Waals surface area contributed by atoms with E-state index in [-0.39, 0.29) is 17.8 Å². The Hall–Kier alpha value is -2.83. The molecule has 26 heavy (non-hydrogen) atoms. The molecule has 0 aliphatic rings. The van der Waals surface area contributed by atoms with E-state index >= 15 is 0 Å². The summed E-state index contributed by atoms with van der Waals surface area (Å²) in [6.45, 7) is 5.82. The standard InChI is InChI=1S/C19H22FN5O/c1-12-17(14(3)25-19(23-12)21-11-22-25)9-10-18(26)24(4)13(2)15-5-7-16(20)8-6-15/h5-8,11,13H,9-10H2,1-4H3/t13-/m0/s1. The van der Waals surface area contributed by atoms with Gasteiger partial charge in [-0.1, -0.05) is 12.1 Å². The van der Waals surface area contributed by atoms with E-state index in [1.165, 1.54) is 18.5 Å². The number of nitrogens with zero attached hydrogens (tertiary/aromatic N) is 5. The summed E-state index contributed by atoms with van der Waals surface area (Å²) < 4.78 is 14.8. The first-order valence-electron chi connectivity index (χ1n) is 8.55. The van der Waals surface area contributed by atoms with E-state index in [2.05, 4.69) is 15.1 Å². The first kappa shape index (κ1) is 18.0. The zero-order chi connectivity index (χ0) is 18.8. The molecule has 1 atom stereocenters. The molecule has 0 N–H and O–H groups in total. The van der Waals surface area contributed by atoms with Crippen LogP contribution in [0.2, 0.25) is 0 Å². The maximum absolute atomic E-state index is 13.1. The summed E-state index contributed by atoms with van der Waals surface area (Å²) in [6.07, 6.45) is 2.42. The van der Waals surface area contributed by atoms with Gasteiger partial charge in [0.05, 0.1) is 6.04 Å². The highest BCUT2D eigenvalue weighted by molar-refractivity contribution is 5.76. The number of carbonyl (C=O) groups excluding carboxylic acids is 1. The third-order valence-electron chi connectivity index (χ3n) is 4.90. The third kappa shape index (κ3) is 3.42. The molecule has 1 aromatic carbocycles. The number of fused-ring (bicyclic) bond motifs is 1. The predicted octanol–water partition coefficient (Wildman–Crippen LogP) is 3.03. The minimum absolute atomic E-state index is 0.0271. The number of benzene rings is 1. The van der Waals surface area contributed by atoms with Crippen molar-refractivity contribution >= 4 is 11.7 Å². The van der Waals surface area contributed by atoms with Gasteiger partial charge < -0.3 is 4.90 Å². The summed E-state index contributed by atoms with van der Waals surface area (Å²) in [4.78, 5) is 22.9. The Morgan fingerprint density at radius 2 is 1.96 bits per heavy atom. The van der Waals surface area contributed by atoms with Crippen molar-refractivity contribution in [1.29, 1.82) is 0 Å². The smallest absolute Gasteiger partial charge is 0.252 e. The molecule has 3 rings (SSSR count). The molecular weight excluding hydrogens is 333 g/mol. The predicted molar refractivity (Wildman–Crippen MR) is 96.2 cm³/mol. The fraction of sp³-hybridized carbons (Fsp3) is 0.368. The molecule has 0 fully saturated rings. The fourth-order valence-electron chi connectivity index (χ4n) is 3.11. The van der Waals surface area contributed by atoms with Crippen LogP contribution in [0.3, 0.4) is 0 Å². The van der Waals surface area contributed by atoms with Crippen molar-refractivity contribution in [3.8, 4) is 0 Å². The van der Waals surface area contributed by atoms with Crippen LogP contribution in [0.1, 0.15) is 41.9 Å². The van der Waals surface area contributed by atoms with Gasteiger partial charge in [-0.05, 0) is 50.5 Å². The maximum Gasteiger partial charge on any atom is 0.252 e.